The third kappa shape index (κ3) is 10.7. The van der Waals surface area contributed by atoms with Crippen LogP contribution in [-0.2, 0) is 14.4 Å². The van der Waals surface area contributed by atoms with E-state index in [1.165, 1.54) is 46.7 Å². The van der Waals surface area contributed by atoms with Crippen LogP contribution in [0.4, 0.5) is 5.82 Å². The summed E-state index contributed by atoms with van der Waals surface area (Å²) in [6.45, 7) is 0. The van der Waals surface area contributed by atoms with Gasteiger partial charge in [-0.25, -0.2) is 19.3 Å². The number of allylic oxidation sites excluding steroid dienone is 3. The molecule has 0 fully saturated rings. The van der Waals surface area contributed by atoms with Crippen LogP contribution in [0.15, 0.2) is 129 Å². The predicted octanol–water partition coefficient (Wildman–Crippen LogP) is 3.60. The van der Waals surface area contributed by atoms with Gasteiger partial charge in [-0.3, -0.25) is 34.3 Å². The van der Waals surface area contributed by atoms with Crippen LogP contribution in [-0.4, -0.2) is 80.0 Å². The van der Waals surface area contributed by atoms with Crippen molar-refractivity contribution in [2.24, 2.45) is 20.1 Å². The Balaban J connectivity index is 0.000000130. The number of nitrogens with zero attached hydrogens (tertiary/aromatic N) is 17. The molecular weight excluding hydrogens is 797 g/mol. The van der Waals surface area contributed by atoms with E-state index in [0.29, 0.717) is 36.3 Å². The molecule has 0 saturated heterocycles. The molecule has 0 radical (unpaired) electrons. The molecule has 6 aromatic heterocycles. The monoisotopic (exact) mass is 823 g/mol. The fraction of sp³-hybridized carbons (Fsp3) is 0.0938. The molecule has 264 valence electrons. The van der Waals surface area contributed by atoms with Gasteiger partial charge < -0.3 is 4.98 Å². The molecule has 0 atom stereocenters. The van der Waals surface area contributed by atoms with Crippen molar-refractivity contribution in [3.63, 3.8) is 0 Å². The second-order valence-corrected chi connectivity index (χ2v) is 11.2. The first-order valence-electron chi connectivity index (χ1n) is 15.3. The third-order valence-electron chi connectivity index (χ3n) is 6.54. The van der Waals surface area contributed by atoms with Crippen molar-refractivity contribution in [2.45, 2.75) is 19.3 Å². The number of fused-ring (bicyclic) bond motifs is 3. The average molecular weight is 824 g/mol. The van der Waals surface area contributed by atoms with Gasteiger partial charge in [-0.1, -0.05) is 4.63 Å². The number of aliphatic imine (C=N–C) groups is 3. The Kier molecular flexibility index (Phi) is 13.5. The number of carbonyl (C=O) groups excluding carboxylic acids is 3. The van der Waals surface area contributed by atoms with Gasteiger partial charge in [0.1, 0.15) is 17.7 Å². The lowest BCUT2D eigenvalue weighted by Crippen LogP contribution is -2.28. The lowest BCUT2D eigenvalue weighted by molar-refractivity contribution is -0.674. The fourth-order valence-corrected chi connectivity index (χ4v) is 4.50. The smallest absolute Gasteiger partial charge is 0.203 e. The minimum atomic E-state index is 0.0497. The van der Waals surface area contributed by atoms with E-state index in [1.54, 1.807) is 72.6 Å². The van der Waals surface area contributed by atoms with Gasteiger partial charge in [0.2, 0.25) is 6.20 Å². The van der Waals surface area contributed by atoms with Crippen LogP contribution in [0, 0.1) is 0 Å². The van der Waals surface area contributed by atoms with Crippen molar-refractivity contribution < 1.29 is 19.0 Å². The van der Waals surface area contributed by atoms with E-state index in [-0.39, 0.29) is 23.2 Å². The molecule has 0 spiro atoms. The number of hydrogen-bond donors (Lipinski definition) is 0. The summed E-state index contributed by atoms with van der Waals surface area (Å²) in [6, 6.07) is 5.44. The van der Waals surface area contributed by atoms with Crippen LogP contribution in [0.2, 0.25) is 0 Å². The van der Waals surface area contributed by atoms with E-state index in [2.05, 4.69) is 60.2 Å². The second kappa shape index (κ2) is 19.3. The summed E-state index contributed by atoms with van der Waals surface area (Å²) in [7, 11) is 0. The van der Waals surface area contributed by atoms with Crippen molar-refractivity contribution in [3.05, 3.63) is 119 Å². The molecule has 0 N–H and O–H groups in total. The van der Waals surface area contributed by atoms with Gasteiger partial charge in [0, 0.05) is 105 Å². The van der Waals surface area contributed by atoms with Gasteiger partial charge in [-0.15, -0.1) is 5.10 Å². The number of rotatable bonds is 3. The fourth-order valence-electron chi connectivity index (χ4n) is 4.12. The summed E-state index contributed by atoms with van der Waals surface area (Å²) >= 11 is 1.98. The molecule has 21 heteroatoms. The highest BCUT2D eigenvalue weighted by atomic mass is 127. The molecule has 0 unspecified atom stereocenters. The lowest BCUT2D eigenvalue weighted by atomic mass is 10.2. The molecule has 9 heterocycles. The normalized spacial score (nSPS) is 13.9. The van der Waals surface area contributed by atoms with E-state index in [0.717, 1.165) is 9.10 Å². The zero-order valence-corrected chi connectivity index (χ0v) is 29.5. The Morgan fingerprint density at radius 2 is 1.55 bits per heavy atom. The minimum Gasteiger partial charge on any atom is -0.345 e. The zero-order chi connectivity index (χ0) is 37.3. The summed E-state index contributed by atoms with van der Waals surface area (Å²) in [5, 5.41) is 15.6. The molecule has 6 aromatic rings. The highest BCUT2D eigenvalue weighted by molar-refractivity contribution is 14.1. The highest BCUT2D eigenvalue weighted by Crippen LogP contribution is 2.17. The maximum Gasteiger partial charge on any atom is 0.203 e. The standard InChI is InChI=1S/C8H7N3O.C7H5N7.C7H5N5.C5H4INO.C5H5NO/c12-8-2-4-9-6-7(8)11-5-1-3-10-11;8-13-12-7-6(4-9-5-10-7)14-3-1-2-11-14;1-2-11-6-4-8-5-9-7(6)10-12(11)3-1;6-4-3-7-2-1-5(4)8;7-5-1-3-6-4-2-5/h1,3-6H,2H2;1-5H;1-5H;2-3H,1H2;1,3-4H,2H2. The maximum absolute atomic E-state index is 11.3. The molecule has 3 aliphatic rings. The van der Waals surface area contributed by atoms with Crippen molar-refractivity contribution in [1.82, 2.24) is 49.1 Å². The van der Waals surface area contributed by atoms with Crippen LogP contribution in [0.25, 0.3) is 33.0 Å². The molecule has 53 heavy (non-hydrogen) atoms. The van der Waals surface area contributed by atoms with E-state index >= 15 is 0 Å². The minimum absolute atomic E-state index is 0.0497. The Bertz CT molecular complexity index is 2410. The van der Waals surface area contributed by atoms with Crippen molar-refractivity contribution in [1.29, 1.82) is 0 Å². The number of azide groups is 1. The molecule has 0 bridgehead atoms. The largest absolute Gasteiger partial charge is 0.345 e. The molecule has 0 aromatic carbocycles. The average Bonchev–Trinajstić information content (AvgIpc) is 4.02. The molecular formula is C32H26IN17O3. The number of aromatic nitrogens is 11. The van der Waals surface area contributed by atoms with Gasteiger partial charge in [-0.2, -0.15) is 14.7 Å². The zero-order valence-electron chi connectivity index (χ0n) is 27.4. The van der Waals surface area contributed by atoms with Gasteiger partial charge in [0.15, 0.2) is 23.2 Å². The summed E-state index contributed by atoms with van der Waals surface area (Å²) in [5.74, 6) is 0.607. The number of carbonyl (C=O) groups is 3. The van der Waals surface area contributed by atoms with Crippen LogP contribution in [0.3, 0.4) is 0 Å². The summed E-state index contributed by atoms with van der Waals surface area (Å²) in [5.41, 5.74) is 11.0. The number of ketones is 3. The van der Waals surface area contributed by atoms with Crippen molar-refractivity contribution in [3.8, 4) is 5.69 Å². The number of halogens is 1. The molecule has 20 nitrogen and oxygen atoms in total. The van der Waals surface area contributed by atoms with Gasteiger partial charge >= 0.3 is 0 Å². The molecule has 0 aliphatic carbocycles. The topological polar surface area (TPSA) is 247 Å². The van der Waals surface area contributed by atoms with Crippen molar-refractivity contribution >= 4 is 81.3 Å². The Morgan fingerprint density at radius 3 is 2.17 bits per heavy atom. The summed E-state index contributed by atoms with van der Waals surface area (Å²) in [4.78, 5) is 61.9. The van der Waals surface area contributed by atoms with Crippen LogP contribution >= 0.6 is 22.6 Å². The van der Waals surface area contributed by atoms with E-state index in [9.17, 15) is 14.4 Å². The first-order chi connectivity index (χ1) is 25.9. The van der Waals surface area contributed by atoms with E-state index in [1.807, 2.05) is 45.6 Å². The molecule has 3 aliphatic heterocycles. The van der Waals surface area contributed by atoms with E-state index in [4.69, 9.17) is 5.53 Å². The quantitative estimate of drug-likeness (QED) is 0.0825. The Labute approximate surface area is 312 Å². The summed E-state index contributed by atoms with van der Waals surface area (Å²) < 4.78 is 7.39. The van der Waals surface area contributed by atoms with Gasteiger partial charge in [0.05, 0.1) is 27.1 Å². The summed E-state index contributed by atoms with van der Waals surface area (Å²) in [6.07, 6.45) is 28.8. The highest BCUT2D eigenvalue weighted by Gasteiger charge is 2.13. The predicted molar refractivity (Wildman–Crippen MR) is 200 cm³/mol. The van der Waals surface area contributed by atoms with Gasteiger partial charge in [0.25, 0.3) is 0 Å². The third-order valence-corrected chi connectivity index (χ3v) is 7.42. The molecule has 0 amide bonds. The van der Waals surface area contributed by atoms with Crippen LogP contribution < -0.4 is 9.73 Å². The first kappa shape index (κ1) is 37.1. The second-order valence-electron chi connectivity index (χ2n) is 10.0. The number of Topliss-reactive ketones (excluding diaryl/α,β-unsaturated/α-hetero) is 2. The first-order valence-corrected chi connectivity index (χ1v) is 16.4. The molecule has 0 saturated carbocycles. The SMILES string of the molecule is O=C1C=CN=CC1.O=C1CC=NC=C1I.O=C1CC=NC=C1n1cccn1.[N-]=[N+]=Nc1ncncc1-n1cccn1.c1cn2c3cncnc3[n-][n+]2c1. The van der Waals surface area contributed by atoms with Crippen LogP contribution in [0.1, 0.15) is 19.3 Å². The lowest BCUT2D eigenvalue weighted by Gasteiger charge is -2.05. The number of hydrogen-bond acceptors (Lipinski definition) is 13. The molecule has 9 rings (SSSR count). The van der Waals surface area contributed by atoms with Crippen LogP contribution in [0.5, 0.6) is 0 Å². The Morgan fingerprint density at radius 1 is 0.830 bits per heavy atom. The van der Waals surface area contributed by atoms with E-state index < -0.39 is 0 Å². The van der Waals surface area contributed by atoms with Gasteiger partial charge in [-0.05, 0) is 51.4 Å². The maximum atomic E-state index is 11.3. The van der Waals surface area contributed by atoms with Crippen molar-refractivity contribution in [2.75, 3.05) is 0 Å². The Hall–Kier alpha value is -7.13.